The van der Waals surface area contributed by atoms with Gasteiger partial charge in [-0.1, -0.05) is 30.3 Å². The second kappa shape index (κ2) is 7.56. The zero-order valence-electron chi connectivity index (χ0n) is 16.4. The average molecular weight is 368 g/mol. The fourth-order valence-electron chi connectivity index (χ4n) is 6.34. The van der Waals surface area contributed by atoms with Gasteiger partial charge in [0.1, 0.15) is 0 Å². The van der Waals surface area contributed by atoms with Crippen molar-refractivity contribution in [1.82, 2.24) is 15.1 Å². The number of carbonyl (C=O) groups excluding carboxylic acids is 1. The molecule has 1 aromatic rings. The summed E-state index contributed by atoms with van der Waals surface area (Å²) < 4.78 is 0. The molecule has 5 rings (SSSR count). The molecule has 4 heteroatoms. The van der Waals surface area contributed by atoms with Gasteiger partial charge >= 0.3 is 0 Å². The first kappa shape index (κ1) is 17.7. The Morgan fingerprint density at radius 1 is 1.00 bits per heavy atom. The first-order chi connectivity index (χ1) is 13.3. The van der Waals surface area contributed by atoms with Gasteiger partial charge in [-0.05, 0) is 62.5 Å². The van der Waals surface area contributed by atoms with Gasteiger partial charge < -0.3 is 10.2 Å². The largest absolute Gasteiger partial charge is 0.342 e. The van der Waals surface area contributed by atoms with E-state index in [0.29, 0.717) is 29.8 Å². The Balaban J connectivity index is 1.31. The Morgan fingerprint density at radius 3 is 2.70 bits per heavy atom. The van der Waals surface area contributed by atoms with Crippen molar-refractivity contribution in [2.24, 2.45) is 17.8 Å². The maximum atomic E-state index is 13.1. The summed E-state index contributed by atoms with van der Waals surface area (Å²) in [6.07, 6.45) is 7.47. The molecule has 4 nitrogen and oxygen atoms in total. The summed E-state index contributed by atoms with van der Waals surface area (Å²) in [5.74, 6) is 1.98. The van der Waals surface area contributed by atoms with Crippen LogP contribution in [0.25, 0.3) is 0 Å². The molecule has 0 aromatic heterocycles. The number of piperidine rings is 4. The third kappa shape index (κ3) is 3.42. The molecule has 27 heavy (non-hydrogen) atoms. The fraction of sp³-hybridized carbons (Fsp3) is 0.696. The van der Waals surface area contributed by atoms with Gasteiger partial charge in [0.2, 0.25) is 5.91 Å². The van der Waals surface area contributed by atoms with E-state index in [9.17, 15) is 4.79 Å². The van der Waals surface area contributed by atoms with Gasteiger partial charge in [-0.15, -0.1) is 0 Å². The van der Waals surface area contributed by atoms with Crippen LogP contribution in [0, 0.1) is 17.8 Å². The molecule has 5 atom stereocenters. The maximum Gasteiger partial charge on any atom is 0.226 e. The molecule has 4 fully saturated rings. The van der Waals surface area contributed by atoms with Crippen molar-refractivity contribution in [3.63, 3.8) is 0 Å². The van der Waals surface area contributed by atoms with E-state index in [2.05, 4.69) is 45.4 Å². The highest BCUT2D eigenvalue weighted by molar-refractivity contribution is 5.79. The van der Waals surface area contributed by atoms with Gasteiger partial charge in [-0.25, -0.2) is 0 Å². The molecule has 0 aliphatic carbocycles. The number of rotatable bonds is 2. The number of benzene rings is 1. The molecule has 1 N–H and O–H groups in total. The van der Waals surface area contributed by atoms with Crippen LogP contribution < -0.4 is 5.32 Å². The van der Waals surface area contributed by atoms with Crippen molar-refractivity contribution in [2.75, 3.05) is 32.7 Å². The number of carbonyl (C=O) groups is 1. The Labute approximate surface area is 163 Å². The molecule has 0 unspecified atom stereocenters. The summed E-state index contributed by atoms with van der Waals surface area (Å²) in [6.45, 7) is 5.11. The number of amides is 1. The number of nitrogens with one attached hydrogen (secondary N) is 1. The monoisotopic (exact) mass is 367 g/mol. The van der Waals surface area contributed by atoms with Crippen LogP contribution in [0.15, 0.2) is 30.3 Å². The third-order valence-electron chi connectivity index (χ3n) is 7.53. The summed E-state index contributed by atoms with van der Waals surface area (Å²) in [4.78, 5) is 18.2. The highest BCUT2D eigenvalue weighted by Crippen LogP contribution is 2.44. The summed E-state index contributed by atoms with van der Waals surface area (Å²) >= 11 is 0. The van der Waals surface area contributed by atoms with E-state index < -0.39 is 0 Å². The molecule has 4 saturated heterocycles. The lowest BCUT2D eigenvalue weighted by Gasteiger charge is -2.55. The second-order valence-corrected chi connectivity index (χ2v) is 9.27. The standard InChI is InChI=1S/C23H33N3O/c27-23(19-8-5-11-24-13-19)25-14-17-12-20(16-25)22-10-4-9-21(26(22)15-17)18-6-2-1-3-7-18/h1-3,6-7,17,19-22,24H,4-5,8-16H2/t17-,19+,20+,21+,22-/m0/s1. The van der Waals surface area contributed by atoms with Gasteiger partial charge in [0.05, 0.1) is 5.92 Å². The van der Waals surface area contributed by atoms with E-state index >= 15 is 0 Å². The van der Waals surface area contributed by atoms with Crippen molar-refractivity contribution in [1.29, 1.82) is 0 Å². The lowest BCUT2D eigenvalue weighted by Crippen LogP contribution is -2.61. The Hall–Kier alpha value is -1.39. The lowest BCUT2D eigenvalue weighted by atomic mass is 9.73. The lowest BCUT2D eigenvalue weighted by molar-refractivity contribution is -0.143. The molecule has 0 saturated carbocycles. The Bertz CT molecular complexity index is 657. The number of nitrogens with zero attached hydrogens (tertiary/aromatic N) is 2. The minimum atomic E-state index is 0.220. The first-order valence-corrected chi connectivity index (χ1v) is 11.1. The summed E-state index contributed by atoms with van der Waals surface area (Å²) in [5, 5.41) is 3.42. The van der Waals surface area contributed by atoms with Crippen LogP contribution in [0.5, 0.6) is 0 Å². The van der Waals surface area contributed by atoms with Crippen LogP contribution >= 0.6 is 0 Å². The van der Waals surface area contributed by atoms with Gasteiger partial charge in [0.25, 0.3) is 0 Å². The van der Waals surface area contributed by atoms with Crippen LogP contribution in [0.4, 0.5) is 0 Å². The molecule has 4 heterocycles. The van der Waals surface area contributed by atoms with Crippen molar-refractivity contribution < 1.29 is 4.79 Å². The van der Waals surface area contributed by atoms with E-state index in [1.165, 1.54) is 37.8 Å². The normalized spacial score (nSPS) is 36.9. The Kier molecular flexibility index (Phi) is 4.95. The van der Waals surface area contributed by atoms with Crippen LogP contribution in [-0.2, 0) is 4.79 Å². The minimum Gasteiger partial charge on any atom is -0.342 e. The highest BCUT2D eigenvalue weighted by atomic mass is 16.2. The van der Waals surface area contributed by atoms with E-state index in [1.54, 1.807) is 0 Å². The zero-order valence-corrected chi connectivity index (χ0v) is 16.4. The van der Waals surface area contributed by atoms with E-state index in [0.717, 1.165) is 39.0 Å². The van der Waals surface area contributed by atoms with Crippen LogP contribution in [0.1, 0.15) is 50.1 Å². The van der Waals surface area contributed by atoms with E-state index in [-0.39, 0.29) is 5.92 Å². The predicted octanol–water partition coefficient (Wildman–Crippen LogP) is 3.06. The first-order valence-electron chi connectivity index (χ1n) is 11.1. The van der Waals surface area contributed by atoms with Gasteiger partial charge in [-0.3, -0.25) is 9.69 Å². The zero-order chi connectivity index (χ0) is 18.2. The van der Waals surface area contributed by atoms with Crippen molar-refractivity contribution >= 4 is 5.91 Å². The molecule has 146 valence electrons. The number of fused-ring (bicyclic) bond motifs is 4. The van der Waals surface area contributed by atoms with Gasteiger partial charge in [-0.2, -0.15) is 0 Å². The molecular formula is C23H33N3O. The molecule has 4 aliphatic rings. The summed E-state index contributed by atoms with van der Waals surface area (Å²) in [5.41, 5.74) is 1.49. The highest BCUT2D eigenvalue weighted by Gasteiger charge is 2.46. The summed E-state index contributed by atoms with van der Waals surface area (Å²) in [7, 11) is 0. The van der Waals surface area contributed by atoms with Crippen molar-refractivity contribution in [3.8, 4) is 0 Å². The molecule has 2 bridgehead atoms. The van der Waals surface area contributed by atoms with E-state index in [4.69, 9.17) is 0 Å². The van der Waals surface area contributed by atoms with Crippen LogP contribution in [0.3, 0.4) is 0 Å². The average Bonchev–Trinajstić information content (AvgIpc) is 2.74. The van der Waals surface area contributed by atoms with E-state index in [1.807, 2.05) is 0 Å². The van der Waals surface area contributed by atoms with Crippen LogP contribution in [-0.4, -0.2) is 54.5 Å². The second-order valence-electron chi connectivity index (χ2n) is 9.27. The molecule has 4 aliphatic heterocycles. The molecular weight excluding hydrogens is 334 g/mol. The Morgan fingerprint density at radius 2 is 1.89 bits per heavy atom. The number of hydrogen-bond acceptors (Lipinski definition) is 3. The van der Waals surface area contributed by atoms with Gasteiger partial charge in [0.15, 0.2) is 0 Å². The SMILES string of the molecule is O=C([C@@H]1CCCNC1)N1C[C@@H]2C[C@H](C1)[C@@H]1CCC[C@H](c3ccccc3)N1C2. The van der Waals surface area contributed by atoms with Crippen LogP contribution in [0.2, 0.25) is 0 Å². The summed E-state index contributed by atoms with van der Waals surface area (Å²) in [6, 6.07) is 12.4. The van der Waals surface area contributed by atoms with Crippen molar-refractivity contribution in [2.45, 2.75) is 50.6 Å². The smallest absolute Gasteiger partial charge is 0.226 e. The molecule has 0 radical (unpaired) electrons. The predicted molar refractivity (Wildman–Crippen MR) is 107 cm³/mol. The third-order valence-corrected chi connectivity index (χ3v) is 7.53. The topological polar surface area (TPSA) is 35.6 Å². The molecule has 1 amide bonds. The van der Waals surface area contributed by atoms with Crippen molar-refractivity contribution in [3.05, 3.63) is 35.9 Å². The van der Waals surface area contributed by atoms with Gasteiger partial charge in [0, 0.05) is 38.3 Å². The number of likely N-dealkylation sites (tertiary alicyclic amines) is 1. The molecule has 1 aromatic carbocycles. The fourth-order valence-corrected chi connectivity index (χ4v) is 6.34. The molecule has 0 spiro atoms. The quantitative estimate of drug-likeness (QED) is 0.873. The number of hydrogen-bond donors (Lipinski definition) is 1. The minimum absolute atomic E-state index is 0.220. The maximum absolute atomic E-state index is 13.1.